The third-order valence-electron chi connectivity index (χ3n) is 4.28. The number of fused-ring (bicyclic) bond motifs is 1. The van der Waals surface area contributed by atoms with Gasteiger partial charge in [0.15, 0.2) is 17.6 Å². The summed E-state index contributed by atoms with van der Waals surface area (Å²) in [4.78, 5) is 12.5. The summed E-state index contributed by atoms with van der Waals surface area (Å²) in [5, 5.41) is 5.32. The minimum absolute atomic E-state index is 0.133. The Morgan fingerprint density at radius 1 is 0.962 bits per heavy atom. The monoisotopic (exact) mass is 349 g/mol. The Kier molecular flexibility index (Phi) is 5.74. The predicted octanol–water partition coefficient (Wildman–Crippen LogP) is 4.32. The SMILES string of the molecule is CC[C@H](Oc1ccccc1OC)C(=O)NCc1ccc2ccccc2c1. The highest BCUT2D eigenvalue weighted by Crippen LogP contribution is 2.27. The minimum atomic E-state index is -0.563. The zero-order valence-corrected chi connectivity index (χ0v) is 15.1. The van der Waals surface area contributed by atoms with Gasteiger partial charge in [0, 0.05) is 6.54 Å². The zero-order valence-electron chi connectivity index (χ0n) is 15.1. The van der Waals surface area contributed by atoms with Crippen LogP contribution in [-0.4, -0.2) is 19.1 Å². The van der Waals surface area contributed by atoms with E-state index in [-0.39, 0.29) is 5.91 Å². The number of hydrogen-bond donors (Lipinski definition) is 1. The molecule has 0 fully saturated rings. The number of amides is 1. The molecule has 0 aliphatic heterocycles. The first-order valence-electron chi connectivity index (χ1n) is 8.76. The Bertz CT molecular complexity index is 891. The van der Waals surface area contributed by atoms with Crippen molar-refractivity contribution in [3.63, 3.8) is 0 Å². The lowest BCUT2D eigenvalue weighted by atomic mass is 10.1. The first-order valence-corrected chi connectivity index (χ1v) is 8.76. The number of methoxy groups -OCH3 is 1. The van der Waals surface area contributed by atoms with Crippen molar-refractivity contribution in [2.75, 3.05) is 7.11 Å². The molecule has 0 spiro atoms. The van der Waals surface area contributed by atoms with Gasteiger partial charge < -0.3 is 14.8 Å². The number of ether oxygens (including phenoxy) is 2. The van der Waals surface area contributed by atoms with Gasteiger partial charge in [-0.1, -0.05) is 55.5 Å². The van der Waals surface area contributed by atoms with Crippen LogP contribution in [0, 0.1) is 0 Å². The number of hydrogen-bond acceptors (Lipinski definition) is 3. The van der Waals surface area contributed by atoms with E-state index in [4.69, 9.17) is 9.47 Å². The topological polar surface area (TPSA) is 47.6 Å². The molecule has 0 saturated heterocycles. The summed E-state index contributed by atoms with van der Waals surface area (Å²) < 4.78 is 11.2. The Morgan fingerprint density at radius 2 is 1.65 bits per heavy atom. The van der Waals surface area contributed by atoms with Crippen LogP contribution in [0.25, 0.3) is 10.8 Å². The van der Waals surface area contributed by atoms with E-state index >= 15 is 0 Å². The van der Waals surface area contributed by atoms with Gasteiger partial charge in [-0.15, -0.1) is 0 Å². The van der Waals surface area contributed by atoms with Crippen molar-refractivity contribution in [1.82, 2.24) is 5.32 Å². The fraction of sp³-hybridized carbons (Fsp3) is 0.227. The highest BCUT2D eigenvalue weighted by Gasteiger charge is 2.19. The van der Waals surface area contributed by atoms with E-state index < -0.39 is 6.10 Å². The molecule has 1 atom stereocenters. The summed E-state index contributed by atoms with van der Waals surface area (Å²) >= 11 is 0. The number of carbonyl (C=O) groups excluding carboxylic acids is 1. The van der Waals surface area contributed by atoms with Crippen LogP contribution in [-0.2, 0) is 11.3 Å². The van der Waals surface area contributed by atoms with Crippen molar-refractivity contribution in [3.05, 3.63) is 72.3 Å². The van der Waals surface area contributed by atoms with Crippen LogP contribution in [0.4, 0.5) is 0 Å². The molecule has 3 rings (SSSR count). The molecule has 0 aromatic heterocycles. The third kappa shape index (κ3) is 4.14. The Balaban J connectivity index is 1.65. The van der Waals surface area contributed by atoms with Gasteiger partial charge in [-0.2, -0.15) is 0 Å². The van der Waals surface area contributed by atoms with E-state index in [9.17, 15) is 4.79 Å². The van der Waals surface area contributed by atoms with Gasteiger partial charge in [-0.25, -0.2) is 0 Å². The molecule has 3 aromatic carbocycles. The molecule has 0 heterocycles. The molecule has 134 valence electrons. The van der Waals surface area contributed by atoms with Crippen molar-refractivity contribution in [1.29, 1.82) is 0 Å². The van der Waals surface area contributed by atoms with Crippen molar-refractivity contribution < 1.29 is 14.3 Å². The predicted molar refractivity (Wildman–Crippen MR) is 103 cm³/mol. The molecular weight excluding hydrogens is 326 g/mol. The van der Waals surface area contributed by atoms with Crippen LogP contribution in [0.5, 0.6) is 11.5 Å². The Hall–Kier alpha value is -3.01. The standard InChI is InChI=1S/C22H23NO3/c1-3-19(26-21-11-7-6-10-20(21)25-2)22(24)23-15-16-12-13-17-8-4-5-9-18(17)14-16/h4-14,19H,3,15H2,1-2H3,(H,23,24)/t19-/m0/s1. The maximum absolute atomic E-state index is 12.5. The molecule has 26 heavy (non-hydrogen) atoms. The van der Waals surface area contributed by atoms with Crippen molar-refractivity contribution >= 4 is 16.7 Å². The van der Waals surface area contributed by atoms with Gasteiger partial charge in [0.25, 0.3) is 5.91 Å². The molecule has 3 aromatic rings. The molecule has 0 unspecified atom stereocenters. The third-order valence-corrected chi connectivity index (χ3v) is 4.28. The first-order chi connectivity index (χ1) is 12.7. The fourth-order valence-electron chi connectivity index (χ4n) is 2.84. The molecule has 4 heteroatoms. The lowest BCUT2D eigenvalue weighted by Crippen LogP contribution is -2.37. The second kappa shape index (κ2) is 8.39. The number of benzene rings is 3. The number of rotatable bonds is 7. The molecule has 1 amide bonds. The molecule has 0 saturated carbocycles. The second-order valence-corrected chi connectivity index (χ2v) is 6.06. The molecule has 0 radical (unpaired) electrons. The average molecular weight is 349 g/mol. The Labute approximate surface area is 153 Å². The zero-order chi connectivity index (χ0) is 18.4. The van der Waals surface area contributed by atoms with Gasteiger partial charge in [-0.3, -0.25) is 4.79 Å². The van der Waals surface area contributed by atoms with Gasteiger partial charge in [0.05, 0.1) is 7.11 Å². The first kappa shape index (κ1) is 17.8. The second-order valence-electron chi connectivity index (χ2n) is 6.06. The lowest BCUT2D eigenvalue weighted by Gasteiger charge is -2.19. The highest BCUT2D eigenvalue weighted by molar-refractivity contribution is 5.84. The van der Waals surface area contributed by atoms with Crippen molar-refractivity contribution in [3.8, 4) is 11.5 Å². The minimum Gasteiger partial charge on any atom is -0.493 e. The van der Waals surface area contributed by atoms with E-state index in [0.29, 0.717) is 24.5 Å². The maximum atomic E-state index is 12.5. The summed E-state index contributed by atoms with van der Waals surface area (Å²) in [5.74, 6) is 1.06. The number of carbonyl (C=O) groups is 1. The van der Waals surface area contributed by atoms with E-state index in [0.717, 1.165) is 10.9 Å². The molecule has 0 aliphatic rings. The number of para-hydroxylation sites is 2. The van der Waals surface area contributed by atoms with Crippen LogP contribution >= 0.6 is 0 Å². The number of nitrogens with one attached hydrogen (secondary N) is 1. The summed E-state index contributed by atoms with van der Waals surface area (Å²) in [6.07, 6.45) is 0.00785. The molecule has 0 aliphatic carbocycles. The largest absolute Gasteiger partial charge is 0.493 e. The van der Waals surface area contributed by atoms with Gasteiger partial charge in [0.2, 0.25) is 0 Å². The van der Waals surface area contributed by atoms with E-state index in [2.05, 4.69) is 29.6 Å². The molecular formula is C22H23NO3. The molecule has 1 N–H and O–H groups in total. The van der Waals surface area contributed by atoms with E-state index in [1.165, 1.54) is 5.39 Å². The maximum Gasteiger partial charge on any atom is 0.261 e. The molecule has 4 nitrogen and oxygen atoms in total. The normalized spacial score (nSPS) is 11.8. The van der Waals surface area contributed by atoms with Crippen LogP contribution in [0.1, 0.15) is 18.9 Å². The summed E-state index contributed by atoms with van der Waals surface area (Å²) in [6, 6.07) is 21.7. The Morgan fingerprint density at radius 3 is 2.38 bits per heavy atom. The summed E-state index contributed by atoms with van der Waals surface area (Å²) in [5.41, 5.74) is 1.06. The van der Waals surface area contributed by atoms with Crippen LogP contribution in [0.3, 0.4) is 0 Å². The van der Waals surface area contributed by atoms with E-state index in [1.807, 2.05) is 43.3 Å². The van der Waals surface area contributed by atoms with Crippen molar-refractivity contribution in [2.24, 2.45) is 0 Å². The van der Waals surface area contributed by atoms with Gasteiger partial charge in [-0.05, 0) is 41.0 Å². The fourth-order valence-corrected chi connectivity index (χ4v) is 2.84. The van der Waals surface area contributed by atoms with Crippen LogP contribution in [0.15, 0.2) is 66.7 Å². The van der Waals surface area contributed by atoms with Crippen LogP contribution < -0.4 is 14.8 Å². The van der Waals surface area contributed by atoms with Gasteiger partial charge >= 0.3 is 0 Å². The molecule has 0 bridgehead atoms. The summed E-state index contributed by atoms with van der Waals surface area (Å²) in [7, 11) is 1.59. The average Bonchev–Trinajstić information content (AvgIpc) is 2.70. The van der Waals surface area contributed by atoms with Crippen molar-refractivity contribution in [2.45, 2.75) is 26.0 Å². The lowest BCUT2D eigenvalue weighted by molar-refractivity contribution is -0.128. The highest BCUT2D eigenvalue weighted by atomic mass is 16.5. The smallest absolute Gasteiger partial charge is 0.261 e. The van der Waals surface area contributed by atoms with E-state index in [1.54, 1.807) is 13.2 Å². The summed E-state index contributed by atoms with van der Waals surface area (Å²) in [6.45, 7) is 2.39. The van der Waals surface area contributed by atoms with Gasteiger partial charge in [0.1, 0.15) is 0 Å². The quantitative estimate of drug-likeness (QED) is 0.691. The van der Waals surface area contributed by atoms with Crippen LogP contribution in [0.2, 0.25) is 0 Å².